The lowest BCUT2D eigenvalue weighted by atomic mass is 9.74. The molecule has 5 rings (SSSR count). The van der Waals surface area contributed by atoms with Crippen LogP contribution in [0, 0.1) is 11.2 Å². The van der Waals surface area contributed by atoms with Crippen molar-refractivity contribution in [2.45, 2.75) is 25.7 Å². The van der Waals surface area contributed by atoms with Gasteiger partial charge in [-0.25, -0.2) is 4.39 Å². The number of ether oxygens (including phenoxy) is 2. The molecule has 1 saturated heterocycles. The van der Waals surface area contributed by atoms with Crippen molar-refractivity contribution in [1.82, 2.24) is 5.32 Å². The monoisotopic (exact) mass is 488 g/mol. The lowest BCUT2D eigenvalue weighted by Crippen LogP contribution is -2.47. The first-order chi connectivity index (χ1) is 17.6. The summed E-state index contributed by atoms with van der Waals surface area (Å²) in [5, 5.41) is 3.24. The first-order valence-electron chi connectivity index (χ1n) is 12.7. The lowest BCUT2D eigenvalue weighted by Gasteiger charge is -2.36. The summed E-state index contributed by atoms with van der Waals surface area (Å²) in [6.45, 7) is 3.54. The maximum atomic E-state index is 14.0. The molecule has 0 radical (unpaired) electrons. The number of benzene rings is 3. The van der Waals surface area contributed by atoms with Gasteiger partial charge in [-0.15, -0.1) is 0 Å². The van der Waals surface area contributed by atoms with E-state index in [1.54, 1.807) is 13.2 Å². The number of hydrogen-bond donors (Lipinski definition) is 1. The molecule has 1 amide bonds. The normalized spacial score (nSPS) is 16.4. The molecule has 188 valence electrons. The Morgan fingerprint density at radius 3 is 2.75 bits per heavy atom. The van der Waals surface area contributed by atoms with Crippen LogP contribution in [-0.4, -0.2) is 45.9 Å². The van der Waals surface area contributed by atoms with Crippen molar-refractivity contribution >= 4 is 11.6 Å². The van der Waals surface area contributed by atoms with Gasteiger partial charge in [0, 0.05) is 44.1 Å². The molecule has 2 aliphatic rings. The van der Waals surface area contributed by atoms with Gasteiger partial charge < -0.3 is 19.7 Å². The molecule has 36 heavy (non-hydrogen) atoms. The van der Waals surface area contributed by atoms with Crippen molar-refractivity contribution in [1.29, 1.82) is 0 Å². The third kappa shape index (κ3) is 5.09. The number of nitrogens with one attached hydrogen (secondary N) is 1. The third-order valence-corrected chi connectivity index (χ3v) is 7.52. The molecule has 6 heteroatoms. The van der Waals surface area contributed by atoms with Gasteiger partial charge in [0.15, 0.2) is 0 Å². The molecule has 2 heterocycles. The highest BCUT2D eigenvalue weighted by molar-refractivity contribution is 5.83. The van der Waals surface area contributed by atoms with Crippen LogP contribution >= 0.6 is 0 Å². The average molecular weight is 489 g/mol. The van der Waals surface area contributed by atoms with Crippen LogP contribution in [0.3, 0.4) is 0 Å². The van der Waals surface area contributed by atoms with Crippen molar-refractivity contribution in [2.24, 2.45) is 5.41 Å². The van der Waals surface area contributed by atoms with E-state index in [0.29, 0.717) is 50.3 Å². The van der Waals surface area contributed by atoms with Gasteiger partial charge in [-0.2, -0.15) is 0 Å². The Morgan fingerprint density at radius 2 is 1.92 bits per heavy atom. The number of carbonyl (C=O) groups is 1. The van der Waals surface area contributed by atoms with Crippen molar-refractivity contribution in [3.05, 3.63) is 83.7 Å². The molecule has 0 aromatic heterocycles. The summed E-state index contributed by atoms with van der Waals surface area (Å²) in [5.41, 5.74) is 4.75. The van der Waals surface area contributed by atoms with E-state index in [1.807, 2.05) is 24.3 Å². The standard InChI is InChI=1S/C30H33FN2O3/c1-35-28-10-9-25(31)20-26(28)24-7-4-5-22(19-24)21-30(12-17-36-18-13-30)29(34)32-14-16-33-15-11-23-6-2-3-8-27(23)33/h2-10,19-20H,11-18,21H2,1H3,(H,32,34). The third-order valence-electron chi connectivity index (χ3n) is 7.52. The molecule has 2 aliphatic heterocycles. The summed E-state index contributed by atoms with van der Waals surface area (Å²) in [5.74, 6) is 0.402. The summed E-state index contributed by atoms with van der Waals surface area (Å²) in [6, 6.07) is 21.0. The predicted molar refractivity (Wildman–Crippen MR) is 140 cm³/mol. The minimum absolute atomic E-state index is 0.0898. The van der Waals surface area contributed by atoms with Crippen molar-refractivity contribution in [2.75, 3.05) is 44.9 Å². The quantitative estimate of drug-likeness (QED) is 0.484. The van der Waals surface area contributed by atoms with E-state index in [9.17, 15) is 9.18 Å². The fourth-order valence-corrected chi connectivity index (χ4v) is 5.52. The highest BCUT2D eigenvalue weighted by Gasteiger charge is 2.40. The summed E-state index contributed by atoms with van der Waals surface area (Å²) in [7, 11) is 1.59. The summed E-state index contributed by atoms with van der Waals surface area (Å²) < 4.78 is 25.1. The van der Waals surface area contributed by atoms with Crippen LogP contribution < -0.4 is 15.0 Å². The molecular weight excluding hydrogens is 455 g/mol. The minimum atomic E-state index is -0.522. The second-order valence-electron chi connectivity index (χ2n) is 9.74. The Bertz CT molecular complexity index is 1220. The zero-order valence-corrected chi connectivity index (χ0v) is 20.8. The number of rotatable bonds is 8. The number of fused-ring (bicyclic) bond motifs is 1. The largest absolute Gasteiger partial charge is 0.496 e. The Hall–Kier alpha value is -3.38. The van der Waals surface area contributed by atoms with E-state index in [-0.39, 0.29) is 11.7 Å². The van der Waals surface area contributed by atoms with Crippen LogP contribution in [0.5, 0.6) is 5.75 Å². The zero-order valence-electron chi connectivity index (χ0n) is 20.8. The van der Waals surface area contributed by atoms with Gasteiger partial charge in [0.2, 0.25) is 5.91 Å². The maximum absolute atomic E-state index is 14.0. The topological polar surface area (TPSA) is 50.8 Å². The molecule has 0 spiro atoms. The van der Waals surface area contributed by atoms with Crippen molar-refractivity contribution < 1.29 is 18.7 Å². The Morgan fingerprint density at radius 1 is 1.08 bits per heavy atom. The highest BCUT2D eigenvalue weighted by atomic mass is 19.1. The smallest absolute Gasteiger partial charge is 0.226 e. The number of nitrogens with zero attached hydrogens (tertiary/aromatic N) is 1. The molecule has 1 N–H and O–H groups in total. The number of hydrogen-bond acceptors (Lipinski definition) is 4. The molecule has 5 nitrogen and oxygen atoms in total. The van der Waals surface area contributed by atoms with Gasteiger partial charge in [-0.1, -0.05) is 42.5 Å². The molecular formula is C30H33FN2O3. The second kappa shape index (κ2) is 10.7. The van der Waals surface area contributed by atoms with Crippen LogP contribution in [0.25, 0.3) is 11.1 Å². The Balaban J connectivity index is 1.30. The molecule has 0 bridgehead atoms. The van der Waals surface area contributed by atoms with E-state index < -0.39 is 5.41 Å². The first-order valence-corrected chi connectivity index (χ1v) is 12.7. The minimum Gasteiger partial charge on any atom is -0.496 e. The van der Waals surface area contributed by atoms with Crippen LogP contribution in [-0.2, 0) is 22.4 Å². The molecule has 0 saturated carbocycles. The zero-order chi connectivity index (χ0) is 25.0. The number of anilines is 1. The fraction of sp³-hybridized carbons (Fsp3) is 0.367. The van der Waals surface area contributed by atoms with E-state index in [4.69, 9.17) is 9.47 Å². The molecule has 0 aliphatic carbocycles. The molecule has 0 unspecified atom stereocenters. The molecule has 1 fully saturated rings. The highest BCUT2D eigenvalue weighted by Crippen LogP contribution is 2.37. The van der Waals surface area contributed by atoms with Crippen LogP contribution in [0.15, 0.2) is 66.7 Å². The van der Waals surface area contributed by atoms with Crippen LogP contribution in [0.1, 0.15) is 24.0 Å². The van der Waals surface area contributed by atoms with Gasteiger partial charge in [-0.05, 0) is 66.6 Å². The molecule has 3 aromatic rings. The van der Waals surface area contributed by atoms with Crippen molar-refractivity contribution in [3.63, 3.8) is 0 Å². The predicted octanol–water partition coefficient (Wildman–Crippen LogP) is 5.02. The van der Waals surface area contributed by atoms with Crippen LogP contribution in [0.4, 0.5) is 10.1 Å². The van der Waals surface area contributed by atoms with E-state index >= 15 is 0 Å². The number of carbonyl (C=O) groups excluding carboxylic acids is 1. The van der Waals surface area contributed by atoms with Gasteiger partial charge in [0.25, 0.3) is 0 Å². The van der Waals surface area contributed by atoms with Gasteiger partial charge >= 0.3 is 0 Å². The lowest BCUT2D eigenvalue weighted by molar-refractivity contribution is -0.136. The summed E-state index contributed by atoms with van der Waals surface area (Å²) in [6.07, 6.45) is 3.02. The Kier molecular flexibility index (Phi) is 7.23. The van der Waals surface area contributed by atoms with E-state index in [1.165, 1.54) is 23.4 Å². The van der Waals surface area contributed by atoms with Crippen molar-refractivity contribution in [3.8, 4) is 16.9 Å². The van der Waals surface area contributed by atoms with Crippen LogP contribution in [0.2, 0.25) is 0 Å². The molecule has 0 atom stereocenters. The van der Waals surface area contributed by atoms with E-state index in [2.05, 4.69) is 34.5 Å². The first kappa shape index (κ1) is 24.3. The fourth-order valence-electron chi connectivity index (χ4n) is 5.52. The van der Waals surface area contributed by atoms with Gasteiger partial charge in [-0.3, -0.25) is 4.79 Å². The number of amides is 1. The average Bonchev–Trinajstić information content (AvgIpc) is 3.32. The number of methoxy groups -OCH3 is 1. The van der Waals surface area contributed by atoms with E-state index in [0.717, 1.165) is 30.6 Å². The summed E-state index contributed by atoms with van der Waals surface area (Å²) in [4.78, 5) is 15.9. The SMILES string of the molecule is COc1ccc(F)cc1-c1cccc(CC2(C(=O)NCCN3CCc4ccccc43)CCOCC2)c1. The van der Waals surface area contributed by atoms with Gasteiger partial charge in [0.05, 0.1) is 12.5 Å². The molecule has 3 aromatic carbocycles. The summed E-state index contributed by atoms with van der Waals surface area (Å²) >= 11 is 0. The number of halogens is 1. The maximum Gasteiger partial charge on any atom is 0.226 e. The van der Waals surface area contributed by atoms with Gasteiger partial charge in [0.1, 0.15) is 11.6 Å². The number of para-hydroxylation sites is 1. The second-order valence-corrected chi connectivity index (χ2v) is 9.74. The Labute approximate surface area is 212 Å².